The first-order valence-corrected chi connectivity index (χ1v) is 4.87. The van der Waals surface area contributed by atoms with Gasteiger partial charge in [0.2, 0.25) is 5.28 Å². The Morgan fingerprint density at radius 2 is 1.50 bits per heavy atom. The van der Waals surface area contributed by atoms with Crippen LogP contribution in [0.2, 0.25) is 5.28 Å². The molecular weight excluding hydrogens is 227 g/mol. The highest BCUT2D eigenvalue weighted by atomic mass is 35.5. The molecule has 0 bridgehead atoms. The second kappa shape index (κ2) is 4.73. The predicted molar refractivity (Wildman–Crippen MR) is 59.4 cm³/mol. The van der Waals surface area contributed by atoms with Gasteiger partial charge in [-0.05, 0) is 35.9 Å². The molecule has 2 rings (SSSR count). The summed E-state index contributed by atoms with van der Waals surface area (Å²) in [6.07, 6.45) is 3.07. The molecule has 0 amide bonds. The summed E-state index contributed by atoms with van der Waals surface area (Å²) in [6, 6.07) is 5.95. The highest BCUT2D eigenvalue weighted by Gasteiger charge is 1.91. The zero-order chi connectivity index (χ0) is 11.4. The van der Waals surface area contributed by atoms with Crippen LogP contribution in [-0.2, 0) is 0 Å². The van der Waals surface area contributed by atoms with Crippen LogP contribution in [0, 0.1) is 17.7 Å². The molecule has 0 unspecified atom stereocenters. The minimum atomic E-state index is -0.277. The summed E-state index contributed by atoms with van der Waals surface area (Å²) >= 11 is 5.53. The molecule has 2 aromatic rings. The molecule has 0 saturated carbocycles. The van der Waals surface area contributed by atoms with Crippen LogP contribution in [0.5, 0.6) is 0 Å². The molecule has 0 aliphatic carbocycles. The average Bonchev–Trinajstić information content (AvgIpc) is 2.30. The minimum absolute atomic E-state index is 0.187. The molecule has 0 aliphatic rings. The van der Waals surface area contributed by atoms with E-state index in [0.717, 1.165) is 5.56 Å². The van der Waals surface area contributed by atoms with Gasteiger partial charge in [0.1, 0.15) is 5.82 Å². The summed E-state index contributed by atoms with van der Waals surface area (Å²) in [5.41, 5.74) is 1.39. The van der Waals surface area contributed by atoms with Crippen LogP contribution >= 0.6 is 11.6 Å². The molecule has 0 atom stereocenters. The maximum atomic E-state index is 12.6. The number of aromatic nitrogens is 2. The maximum absolute atomic E-state index is 12.6. The minimum Gasteiger partial charge on any atom is -0.225 e. The Bertz CT molecular complexity index is 488. The van der Waals surface area contributed by atoms with Crippen LogP contribution in [0.25, 0.3) is 0 Å². The Kier molecular flexibility index (Phi) is 3.13. The SMILES string of the molecule is Fc1ccc(C#Cc2cnc(Cl)nc2)cc1. The van der Waals surface area contributed by atoms with Gasteiger partial charge in [0.25, 0.3) is 0 Å². The van der Waals surface area contributed by atoms with Crippen LogP contribution < -0.4 is 0 Å². The summed E-state index contributed by atoms with van der Waals surface area (Å²) in [7, 11) is 0. The van der Waals surface area contributed by atoms with Gasteiger partial charge in [-0.2, -0.15) is 0 Å². The lowest BCUT2D eigenvalue weighted by molar-refractivity contribution is 0.627. The van der Waals surface area contributed by atoms with E-state index in [1.807, 2.05) is 0 Å². The van der Waals surface area contributed by atoms with E-state index in [4.69, 9.17) is 11.6 Å². The summed E-state index contributed by atoms with van der Waals surface area (Å²) < 4.78 is 12.6. The van der Waals surface area contributed by atoms with Crippen molar-refractivity contribution in [3.63, 3.8) is 0 Å². The zero-order valence-electron chi connectivity index (χ0n) is 8.11. The van der Waals surface area contributed by atoms with Crippen molar-refractivity contribution in [2.24, 2.45) is 0 Å². The highest BCUT2D eigenvalue weighted by Crippen LogP contribution is 2.02. The van der Waals surface area contributed by atoms with Crippen molar-refractivity contribution in [2.75, 3.05) is 0 Å². The summed E-state index contributed by atoms with van der Waals surface area (Å²) in [5.74, 6) is 5.44. The first kappa shape index (κ1) is 10.6. The van der Waals surface area contributed by atoms with Crippen LogP contribution in [0.15, 0.2) is 36.7 Å². The molecule has 1 aromatic heterocycles. The van der Waals surface area contributed by atoms with Crippen molar-refractivity contribution in [1.29, 1.82) is 0 Å². The third-order valence-electron chi connectivity index (χ3n) is 1.82. The van der Waals surface area contributed by atoms with Crippen molar-refractivity contribution < 1.29 is 4.39 Å². The van der Waals surface area contributed by atoms with E-state index in [-0.39, 0.29) is 11.1 Å². The van der Waals surface area contributed by atoms with Gasteiger partial charge in [-0.3, -0.25) is 0 Å². The number of halogens is 2. The van der Waals surface area contributed by atoms with E-state index in [1.165, 1.54) is 24.5 Å². The number of benzene rings is 1. The lowest BCUT2D eigenvalue weighted by atomic mass is 10.2. The largest absolute Gasteiger partial charge is 0.225 e. The van der Waals surface area contributed by atoms with Crippen LogP contribution in [0.1, 0.15) is 11.1 Å². The van der Waals surface area contributed by atoms with Crippen molar-refractivity contribution >= 4 is 11.6 Å². The molecule has 0 N–H and O–H groups in total. The molecule has 0 radical (unpaired) electrons. The molecule has 0 saturated heterocycles. The predicted octanol–water partition coefficient (Wildman–Crippen LogP) is 2.67. The molecular formula is C12H6ClFN2. The Labute approximate surface area is 97.1 Å². The van der Waals surface area contributed by atoms with Gasteiger partial charge >= 0.3 is 0 Å². The lowest BCUT2D eigenvalue weighted by Crippen LogP contribution is -1.83. The van der Waals surface area contributed by atoms with Crippen molar-refractivity contribution in [2.45, 2.75) is 0 Å². The number of hydrogen-bond acceptors (Lipinski definition) is 2. The molecule has 0 aliphatic heterocycles. The van der Waals surface area contributed by atoms with Crippen molar-refractivity contribution in [1.82, 2.24) is 9.97 Å². The fourth-order valence-corrected chi connectivity index (χ4v) is 1.15. The average molecular weight is 233 g/mol. The Morgan fingerprint density at radius 3 is 2.12 bits per heavy atom. The molecule has 2 nitrogen and oxygen atoms in total. The van der Waals surface area contributed by atoms with E-state index in [2.05, 4.69) is 21.8 Å². The molecule has 0 spiro atoms. The number of rotatable bonds is 0. The fourth-order valence-electron chi connectivity index (χ4n) is 1.05. The zero-order valence-corrected chi connectivity index (χ0v) is 8.87. The Balaban J connectivity index is 2.21. The first-order valence-electron chi connectivity index (χ1n) is 4.49. The quantitative estimate of drug-likeness (QED) is 0.516. The highest BCUT2D eigenvalue weighted by molar-refractivity contribution is 6.28. The second-order valence-electron chi connectivity index (χ2n) is 3.00. The number of nitrogens with zero attached hydrogens (tertiary/aromatic N) is 2. The first-order chi connectivity index (χ1) is 7.74. The van der Waals surface area contributed by atoms with Gasteiger partial charge in [0, 0.05) is 18.0 Å². The van der Waals surface area contributed by atoms with Crippen molar-refractivity contribution in [3.8, 4) is 11.8 Å². The third-order valence-corrected chi connectivity index (χ3v) is 2.01. The second-order valence-corrected chi connectivity index (χ2v) is 3.34. The van der Waals surface area contributed by atoms with Crippen LogP contribution in [-0.4, -0.2) is 9.97 Å². The standard InChI is InChI=1S/C12H6ClFN2/c13-12-15-7-10(8-16-12)2-1-9-3-5-11(14)6-4-9/h3-8H. The van der Waals surface area contributed by atoms with E-state index in [0.29, 0.717) is 5.56 Å². The van der Waals surface area contributed by atoms with E-state index in [9.17, 15) is 4.39 Å². The lowest BCUT2D eigenvalue weighted by Gasteiger charge is -1.90. The maximum Gasteiger partial charge on any atom is 0.222 e. The van der Waals surface area contributed by atoms with Crippen molar-refractivity contribution in [3.05, 3.63) is 58.9 Å². The van der Waals surface area contributed by atoms with E-state index >= 15 is 0 Å². The monoisotopic (exact) mass is 232 g/mol. The Hall–Kier alpha value is -1.92. The van der Waals surface area contributed by atoms with Crippen LogP contribution in [0.4, 0.5) is 4.39 Å². The summed E-state index contributed by atoms with van der Waals surface area (Å²) in [6.45, 7) is 0. The van der Waals surface area contributed by atoms with E-state index < -0.39 is 0 Å². The normalized spacial score (nSPS) is 9.38. The Morgan fingerprint density at radius 1 is 0.938 bits per heavy atom. The molecule has 0 fully saturated rings. The third kappa shape index (κ3) is 2.78. The number of hydrogen-bond donors (Lipinski definition) is 0. The molecule has 1 heterocycles. The van der Waals surface area contributed by atoms with Gasteiger partial charge in [-0.25, -0.2) is 14.4 Å². The molecule has 1 aromatic carbocycles. The van der Waals surface area contributed by atoms with Gasteiger partial charge in [0.05, 0.1) is 5.56 Å². The molecule has 4 heteroatoms. The summed E-state index contributed by atoms with van der Waals surface area (Å²) in [5, 5.41) is 0.187. The van der Waals surface area contributed by atoms with Crippen LogP contribution in [0.3, 0.4) is 0 Å². The summed E-state index contributed by atoms with van der Waals surface area (Å²) in [4.78, 5) is 7.59. The molecule has 78 valence electrons. The van der Waals surface area contributed by atoms with Gasteiger partial charge in [0.15, 0.2) is 0 Å². The van der Waals surface area contributed by atoms with Gasteiger partial charge in [-0.1, -0.05) is 11.8 Å². The molecule has 16 heavy (non-hydrogen) atoms. The fraction of sp³-hybridized carbons (Fsp3) is 0. The van der Waals surface area contributed by atoms with Gasteiger partial charge in [-0.15, -0.1) is 0 Å². The topological polar surface area (TPSA) is 25.8 Å². The smallest absolute Gasteiger partial charge is 0.222 e. The van der Waals surface area contributed by atoms with E-state index in [1.54, 1.807) is 12.1 Å². The van der Waals surface area contributed by atoms with Gasteiger partial charge < -0.3 is 0 Å².